The van der Waals surface area contributed by atoms with Crippen LogP contribution in [-0.2, 0) is 28.6 Å². The fraction of sp³-hybridized carbons (Fsp3) is 0.645. The van der Waals surface area contributed by atoms with Gasteiger partial charge < -0.3 is 14.2 Å². The highest BCUT2D eigenvalue weighted by molar-refractivity contribution is 5.71. The van der Waals surface area contributed by atoms with E-state index in [1.807, 2.05) is 0 Å². The van der Waals surface area contributed by atoms with E-state index in [1.54, 1.807) is 0 Å². The molecule has 0 amide bonds. The van der Waals surface area contributed by atoms with Gasteiger partial charge in [0.1, 0.15) is 13.2 Å². The van der Waals surface area contributed by atoms with Crippen molar-refractivity contribution in [3.05, 3.63) is 146 Å². The monoisotopic (exact) mass is 1130 g/mol. The zero-order valence-electron chi connectivity index (χ0n) is 53.2. The Labute approximate surface area is 506 Å². The number of carbonyl (C=O) groups excluding carboxylic acids is 3. The molecular formula is C76H124O6. The Morgan fingerprint density at radius 1 is 0.256 bits per heavy atom. The number of hydrogen-bond donors (Lipinski definition) is 0. The summed E-state index contributed by atoms with van der Waals surface area (Å²) in [5, 5.41) is 0. The van der Waals surface area contributed by atoms with Crippen LogP contribution in [0.25, 0.3) is 0 Å². The number of carbonyl (C=O) groups is 3. The van der Waals surface area contributed by atoms with Gasteiger partial charge in [0.2, 0.25) is 0 Å². The van der Waals surface area contributed by atoms with Crippen LogP contribution in [0, 0.1) is 0 Å². The minimum absolute atomic E-state index is 0.0846. The van der Waals surface area contributed by atoms with E-state index in [0.717, 1.165) is 141 Å². The Balaban J connectivity index is 4.12. The summed E-state index contributed by atoms with van der Waals surface area (Å²) in [5.74, 6) is -0.905. The number of ether oxygens (including phenoxy) is 3. The zero-order valence-corrected chi connectivity index (χ0v) is 53.2. The first-order chi connectivity index (χ1) is 40.5. The van der Waals surface area contributed by atoms with E-state index in [4.69, 9.17) is 14.2 Å². The van der Waals surface area contributed by atoms with Crippen LogP contribution in [0.3, 0.4) is 0 Å². The summed E-state index contributed by atoms with van der Waals surface area (Å²) in [4.78, 5) is 38.1. The molecule has 6 heteroatoms. The predicted octanol–water partition coefficient (Wildman–Crippen LogP) is 23.5. The van der Waals surface area contributed by atoms with Crippen LogP contribution < -0.4 is 0 Å². The molecule has 0 saturated carbocycles. The lowest BCUT2D eigenvalue weighted by molar-refractivity contribution is -0.167. The molecule has 0 bridgehead atoms. The molecule has 0 aliphatic rings. The van der Waals surface area contributed by atoms with Crippen LogP contribution in [-0.4, -0.2) is 37.2 Å². The van der Waals surface area contributed by atoms with Crippen LogP contribution >= 0.6 is 0 Å². The van der Waals surface area contributed by atoms with Gasteiger partial charge in [-0.25, -0.2) is 0 Å². The smallest absolute Gasteiger partial charge is 0.306 e. The average Bonchev–Trinajstić information content (AvgIpc) is 3.47. The third-order valence-corrected chi connectivity index (χ3v) is 14.1. The third kappa shape index (κ3) is 66.1. The quantitative estimate of drug-likeness (QED) is 0.0261. The highest BCUT2D eigenvalue weighted by Gasteiger charge is 2.19. The maximum Gasteiger partial charge on any atom is 0.306 e. The molecule has 0 aromatic carbocycles. The second-order valence-electron chi connectivity index (χ2n) is 22.0. The molecule has 0 spiro atoms. The summed E-state index contributed by atoms with van der Waals surface area (Å²) in [6, 6.07) is 0. The summed E-state index contributed by atoms with van der Waals surface area (Å²) in [6.45, 7) is 6.35. The molecule has 0 radical (unpaired) electrons. The van der Waals surface area contributed by atoms with Crippen molar-refractivity contribution in [2.24, 2.45) is 0 Å². The molecule has 0 aromatic heterocycles. The maximum absolute atomic E-state index is 12.9. The van der Waals surface area contributed by atoms with Crippen LogP contribution in [0.1, 0.15) is 297 Å². The van der Waals surface area contributed by atoms with Gasteiger partial charge in [0, 0.05) is 19.3 Å². The van der Waals surface area contributed by atoms with Crippen molar-refractivity contribution in [3.8, 4) is 0 Å². The number of unbranched alkanes of at least 4 members (excludes halogenated alkanes) is 25. The standard InChI is InChI=1S/C76H124O6/c1-4-7-10-13-16-18-20-22-24-26-28-30-32-34-36-38-40-42-44-46-48-50-52-54-56-58-60-63-66-69-75(78)81-72-73(71-80-74(77)68-65-62-15-12-9-6-3)82-76(79)70-67-64-61-59-57-55-53-51-49-47-45-43-41-39-37-35-33-31-29-27-25-23-21-19-17-14-11-8-5-2/h7-8,10-11,16-19,22-25,28-31,34-37,40,42,46,48,73H,4-6,9,12-15,20-21,26-27,32-33,38-39,41,43-45,47,49-72H2,1-3H3/b10-7-,11-8-,18-16-,19-17-,24-22-,25-23-,30-28-,31-29-,36-34-,37-35-,42-40-,48-46-. The molecule has 1 atom stereocenters. The fourth-order valence-electron chi connectivity index (χ4n) is 9.10. The van der Waals surface area contributed by atoms with Gasteiger partial charge in [0.05, 0.1) is 0 Å². The van der Waals surface area contributed by atoms with Gasteiger partial charge in [-0.1, -0.05) is 301 Å². The van der Waals surface area contributed by atoms with E-state index in [2.05, 4.69) is 167 Å². The van der Waals surface area contributed by atoms with Crippen LogP contribution in [0.4, 0.5) is 0 Å². The first kappa shape index (κ1) is 77.3. The highest BCUT2D eigenvalue weighted by Crippen LogP contribution is 2.16. The molecule has 0 aliphatic carbocycles. The lowest BCUT2D eigenvalue weighted by atomic mass is 10.0. The van der Waals surface area contributed by atoms with E-state index in [0.29, 0.717) is 19.3 Å². The average molecular weight is 1130 g/mol. The first-order valence-corrected chi connectivity index (χ1v) is 33.8. The Morgan fingerprint density at radius 3 is 0.744 bits per heavy atom. The molecule has 0 aliphatic heterocycles. The summed E-state index contributed by atoms with van der Waals surface area (Å²) >= 11 is 0. The molecule has 1 unspecified atom stereocenters. The Morgan fingerprint density at radius 2 is 0.476 bits per heavy atom. The maximum atomic E-state index is 12.9. The topological polar surface area (TPSA) is 78.9 Å². The molecule has 464 valence electrons. The van der Waals surface area contributed by atoms with E-state index in [1.165, 1.54) is 116 Å². The zero-order chi connectivity index (χ0) is 59.2. The summed E-state index contributed by atoms with van der Waals surface area (Å²) in [7, 11) is 0. The van der Waals surface area contributed by atoms with E-state index in [-0.39, 0.29) is 31.1 Å². The molecule has 0 N–H and O–H groups in total. The summed E-state index contributed by atoms with van der Waals surface area (Å²) in [6.07, 6.45) is 99.0. The molecule has 0 aromatic rings. The number of hydrogen-bond acceptors (Lipinski definition) is 6. The van der Waals surface area contributed by atoms with Gasteiger partial charge in [0.25, 0.3) is 0 Å². The SMILES string of the molecule is CC/C=C\C/C=C\C/C=C\C/C=C\C/C=C\C/C=C\C/C=C\CCCCCCCCCC(=O)OCC(COC(=O)CCCCCCCC)OC(=O)CCCCCCCCCCCCCCC/C=C\C/C=C\C/C=C\C/C=C\C/C=C\CC. The number of esters is 3. The van der Waals surface area contributed by atoms with Crippen molar-refractivity contribution >= 4 is 17.9 Å². The van der Waals surface area contributed by atoms with Gasteiger partial charge in [-0.15, -0.1) is 0 Å². The molecule has 0 heterocycles. The second-order valence-corrected chi connectivity index (χ2v) is 22.0. The lowest BCUT2D eigenvalue weighted by Gasteiger charge is -2.18. The molecule has 0 fully saturated rings. The van der Waals surface area contributed by atoms with Gasteiger partial charge >= 0.3 is 17.9 Å². The van der Waals surface area contributed by atoms with Gasteiger partial charge in [0.15, 0.2) is 6.10 Å². The Hall–Kier alpha value is -4.71. The van der Waals surface area contributed by atoms with E-state index >= 15 is 0 Å². The largest absolute Gasteiger partial charge is 0.462 e. The van der Waals surface area contributed by atoms with Gasteiger partial charge in [-0.3, -0.25) is 14.4 Å². The number of rotatable bonds is 60. The lowest BCUT2D eigenvalue weighted by Crippen LogP contribution is -2.30. The minimum atomic E-state index is -0.786. The van der Waals surface area contributed by atoms with E-state index in [9.17, 15) is 14.4 Å². The van der Waals surface area contributed by atoms with Gasteiger partial charge in [-0.2, -0.15) is 0 Å². The Kier molecular flexibility index (Phi) is 64.8. The number of allylic oxidation sites excluding steroid dienone is 24. The molecule has 0 rings (SSSR count). The minimum Gasteiger partial charge on any atom is -0.462 e. The summed E-state index contributed by atoms with van der Waals surface area (Å²) in [5.41, 5.74) is 0. The van der Waals surface area contributed by atoms with Crippen molar-refractivity contribution in [1.82, 2.24) is 0 Å². The predicted molar refractivity (Wildman–Crippen MR) is 357 cm³/mol. The van der Waals surface area contributed by atoms with E-state index < -0.39 is 6.10 Å². The van der Waals surface area contributed by atoms with Crippen molar-refractivity contribution in [2.75, 3.05) is 13.2 Å². The molecule has 0 saturated heterocycles. The molecular weight excluding hydrogens is 1010 g/mol. The van der Waals surface area contributed by atoms with Gasteiger partial charge in [-0.05, 0) is 122 Å². The first-order valence-electron chi connectivity index (χ1n) is 33.8. The molecule has 6 nitrogen and oxygen atoms in total. The summed E-state index contributed by atoms with van der Waals surface area (Å²) < 4.78 is 16.8. The highest BCUT2D eigenvalue weighted by atomic mass is 16.6. The van der Waals surface area contributed by atoms with Crippen molar-refractivity contribution < 1.29 is 28.6 Å². The van der Waals surface area contributed by atoms with Crippen molar-refractivity contribution in [3.63, 3.8) is 0 Å². The fourth-order valence-corrected chi connectivity index (χ4v) is 9.10. The van der Waals surface area contributed by atoms with Crippen LogP contribution in [0.15, 0.2) is 146 Å². The van der Waals surface area contributed by atoms with Crippen LogP contribution in [0.2, 0.25) is 0 Å². The molecule has 82 heavy (non-hydrogen) atoms. The second kappa shape index (κ2) is 68.8. The van der Waals surface area contributed by atoms with Crippen LogP contribution in [0.5, 0.6) is 0 Å². The van der Waals surface area contributed by atoms with Crippen molar-refractivity contribution in [1.29, 1.82) is 0 Å². The normalized spacial score (nSPS) is 13.1. The van der Waals surface area contributed by atoms with Crippen molar-refractivity contribution in [2.45, 2.75) is 303 Å². The third-order valence-electron chi connectivity index (χ3n) is 14.1. The Bertz CT molecular complexity index is 1780.